The van der Waals surface area contributed by atoms with Crippen molar-refractivity contribution < 1.29 is 0 Å². The first-order valence-corrected chi connectivity index (χ1v) is 5.76. The minimum atomic E-state index is -0.00570. The van der Waals surface area contributed by atoms with Gasteiger partial charge in [-0.25, -0.2) is 4.98 Å². The molecule has 0 saturated heterocycles. The predicted octanol–water partition coefficient (Wildman–Crippen LogP) is 2.70. The topological polar surface area (TPSA) is 48.7 Å². The summed E-state index contributed by atoms with van der Waals surface area (Å²) in [5, 5.41) is 12.4. The molecule has 1 aromatic heterocycles. The van der Waals surface area contributed by atoms with Crippen molar-refractivity contribution in [1.29, 1.82) is 5.26 Å². The average molecular weight is 264 g/mol. The Labute approximate surface area is 96.6 Å². The van der Waals surface area contributed by atoms with Crippen molar-refractivity contribution in [3.05, 3.63) is 22.8 Å². The highest BCUT2D eigenvalue weighted by atomic mass is 79.9. The number of hydrogen-bond acceptors (Lipinski definition) is 3. The quantitative estimate of drug-likeness (QED) is 0.893. The molecule has 0 amide bonds. The molecule has 3 aliphatic carbocycles. The van der Waals surface area contributed by atoms with Crippen LogP contribution in [-0.2, 0) is 0 Å². The van der Waals surface area contributed by atoms with E-state index >= 15 is 0 Å². The smallest absolute Gasteiger partial charge is 0.140 e. The van der Waals surface area contributed by atoms with Gasteiger partial charge in [0.25, 0.3) is 0 Å². The van der Waals surface area contributed by atoms with Crippen LogP contribution in [0.25, 0.3) is 0 Å². The maximum absolute atomic E-state index is 8.92. The average Bonchev–Trinajstić information content (AvgIpc) is 2.11. The fourth-order valence-electron chi connectivity index (χ4n) is 2.77. The van der Waals surface area contributed by atoms with Gasteiger partial charge in [0.2, 0.25) is 0 Å². The molecule has 4 rings (SSSR count). The summed E-state index contributed by atoms with van der Waals surface area (Å²) in [4.78, 5) is 4.28. The number of pyridine rings is 1. The van der Waals surface area contributed by atoms with E-state index in [2.05, 4.69) is 32.3 Å². The first-order valence-electron chi connectivity index (χ1n) is 4.97. The van der Waals surface area contributed by atoms with Crippen molar-refractivity contribution in [3.63, 3.8) is 0 Å². The van der Waals surface area contributed by atoms with Crippen LogP contribution in [0.1, 0.15) is 19.3 Å². The van der Waals surface area contributed by atoms with E-state index in [1.165, 1.54) is 0 Å². The molecule has 3 aliphatic rings. The van der Waals surface area contributed by atoms with Crippen LogP contribution in [0.4, 0.5) is 5.82 Å². The number of nitrogens with one attached hydrogen (secondary N) is 1. The van der Waals surface area contributed by atoms with Crippen LogP contribution < -0.4 is 5.32 Å². The van der Waals surface area contributed by atoms with Gasteiger partial charge in [0, 0.05) is 11.7 Å². The maximum Gasteiger partial charge on any atom is 0.140 e. The van der Waals surface area contributed by atoms with E-state index in [-0.39, 0.29) is 11.0 Å². The zero-order valence-electron chi connectivity index (χ0n) is 8.13. The molecule has 0 aromatic carbocycles. The Bertz CT molecular complexity index is 443. The molecule has 4 heteroatoms. The zero-order chi connectivity index (χ0) is 10.5. The van der Waals surface area contributed by atoms with E-state index in [0.717, 1.165) is 29.6 Å². The molecule has 76 valence electrons. The molecule has 0 spiro atoms. The summed E-state index contributed by atoms with van der Waals surface area (Å²) in [5.74, 6) is 0.892. The zero-order valence-corrected chi connectivity index (χ0v) is 9.71. The fraction of sp³-hybridized carbons (Fsp3) is 0.455. The van der Waals surface area contributed by atoms with Crippen LogP contribution in [0.2, 0.25) is 0 Å². The molecule has 15 heavy (non-hydrogen) atoms. The van der Waals surface area contributed by atoms with Crippen LogP contribution >= 0.6 is 15.9 Å². The summed E-state index contributed by atoms with van der Waals surface area (Å²) in [7, 11) is 0. The minimum absolute atomic E-state index is 0.00570. The second kappa shape index (κ2) is 2.73. The third-order valence-corrected chi connectivity index (χ3v) is 4.05. The molecule has 1 aromatic rings. The second-order valence-electron chi connectivity index (χ2n) is 4.66. The van der Waals surface area contributed by atoms with Gasteiger partial charge < -0.3 is 5.32 Å². The molecule has 3 nitrogen and oxygen atoms in total. The van der Waals surface area contributed by atoms with Gasteiger partial charge in [-0.15, -0.1) is 0 Å². The Morgan fingerprint density at radius 1 is 1.47 bits per heavy atom. The van der Waals surface area contributed by atoms with Gasteiger partial charge in [-0.1, -0.05) is 0 Å². The standard InChI is InChI=1S/C11H10BrN3/c12-8-2-1-3-14-9(8)15-11-4-10(5-11,6-11)7-13/h1-3H,4-6H2,(H,14,15). The van der Waals surface area contributed by atoms with Gasteiger partial charge in [-0.05, 0) is 47.3 Å². The summed E-state index contributed by atoms with van der Waals surface area (Å²) in [5.41, 5.74) is 0.154. The fourth-order valence-corrected chi connectivity index (χ4v) is 3.12. The van der Waals surface area contributed by atoms with E-state index in [4.69, 9.17) is 5.26 Å². The summed E-state index contributed by atoms with van der Waals surface area (Å²) < 4.78 is 0.987. The molecular weight excluding hydrogens is 254 g/mol. The Morgan fingerprint density at radius 3 is 2.80 bits per heavy atom. The number of hydrogen-bond donors (Lipinski definition) is 1. The van der Waals surface area contributed by atoms with E-state index in [9.17, 15) is 0 Å². The molecule has 0 aliphatic heterocycles. The van der Waals surface area contributed by atoms with Crippen LogP contribution in [0.5, 0.6) is 0 Å². The molecule has 0 radical (unpaired) electrons. The van der Waals surface area contributed by atoms with Gasteiger partial charge in [0.05, 0.1) is 16.0 Å². The summed E-state index contributed by atoms with van der Waals surface area (Å²) in [6.07, 6.45) is 4.69. The molecule has 0 unspecified atom stereocenters. The summed E-state index contributed by atoms with van der Waals surface area (Å²) in [6, 6.07) is 6.27. The molecule has 0 atom stereocenters. The molecule has 1 heterocycles. The van der Waals surface area contributed by atoms with E-state index in [1.54, 1.807) is 6.20 Å². The molecule has 3 saturated carbocycles. The van der Waals surface area contributed by atoms with Gasteiger partial charge in [-0.2, -0.15) is 5.26 Å². The predicted molar refractivity (Wildman–Crippen MR) is 60.2 cm³/mol. The maximum atomic E-state index is 8.92. The van der Waals surface area contributed by atoms with Crippen LogP contribution in [-0.4, -0.2) is 10.5 Å². The lowest BCUT2D eigenvalue weighted by Gasteiger charge is -2.67. The van der Waals surface area contributed by atoms with Crippen LogP contribution in [0.15, 0.2) is 22.8 Å². The highest BCUT2D eigenvalue weighted by Gasteiger charge is 2.68. The number of aromatic nitrogens is 1. The minimum Gasteiger partial charge on any atom is -0.364 e. The lowest BCUT2D eigenvalue weighted by Crippen LogP contribution is -2.70. The Balaban J connectivity index is 1.75. The van der Waals surface area contributed by atoms with Crippen molar-refractivity contribution in [3.8, 4) is 6.07 Å². The van der Waals surface area contributed by atoms with Crippen molar-refractivity contribution in [2.24, 2.45) is 5.41 Å². The molecule has 1 N–H and O–H groups in total. The number of nitriles is 1. The second-order valence-corrected chi connectivity index (χ2v) is 5.52. The van der Waals surface area contributed by atoms with E-state index < -0.39 is 0 Å². The van der Waals surface area contributed by atoms with Gasteiger partial charge in [-0.3, -0.25) is 0 Å². The molecular formula is C11H10BrN3. The van der Waals surface area contributed by atoms with Gasteiger partial charge >= 0.3 is 0 Å². The highest BCUT2D eigenvalue weighted by molar-refractivity contribution is 9.10. The first-order chi connectivity index (χ1) is 7.17. The molecule has 3 fully saturated rings. The van der Waals surface area contributed by atoms with Crippen molar-refractivity contribution in [2.45, 2.75) is 24.8 Å². The van der Waals surface area contributed by atoms with Gasteiger partial charge in [0.1, 0.15) is 5.82 Å². The van der Waals surface area contributed by atoms with Crippen molar-refractivity contribution in [2.75, 3.05) is 5.32 Å². The van der Waals surface area contributed by atoms with Crippen LogP contribution in [0, 0.1) is 16.7 Å². The largest absolute Gasteiger partial charge is 0.364 e. The number of halogens is 1. The monoisotopic (exact) mass is 263 g/mol. The Hall–Kier alpha value is -1.08. The number of anilines is 1. The van der Waals surface area contributed by atoms with Crippen molar-refractivity contribution in [1.82, 2.24) is 4.98 Å². The van der Waals surface area contributed by atoms with Crippen molar-refractivity contribution >= 4 is 21.7 Å². The van der Waals surface area contributed by atoms with E-state index in [1.807, 2.05) is 12.1 Å². The van der Waals surface area contributed by atoms with Crippen LogP contribution in [0.3, 0.4) is 0 Å². The summed E-state index contributed by atoms with van der Waals surface area (Å²) >= 11 is 3.46. The van der Waals surface area contributed by atoms with E-state index in [0.29, 0.717) is 0 Å². The third kappa shape index (κ3) is 1.19. The highest BCUT2D eigenvalue weighted by Crippen LogP contribution is 2.67. The normalized spacial score (nSPS) is 36.0. The Morgan fingerprint density at radius 2 is 2.20 bits per heavy atom. The Kier molecular flexibility index (Phi) is 1.67. The van der Waals surface area contributed by atoms with Gasteiger partial charge in [0.15, 0.2) is 0 Å². The first kappa shape index (κ1) is 9.17. The molecule has 2 bridgehead atoms. The lowest BCUT2D eigenvalue weighted by atomic mass is 9.40. The third-order valence-electron chi connectivity index (χ3n) is 3.41. The number of rotatable bonds is 2. The lowest BCUT2D eigenvalue weighted by molar-refractivity contribution is -0.0662. The number of nitrogens with zero attached hydrogens (tertiary/aromatic N) is 2. The SMILES string of the molecule is N#CC12CC(Nc3ncccc3Br)(C1)C2. The summed E-state index contributed by atoms with van der Waals surface area (Å²) in [6.45, 7) is 0.